The first-order valence-corrected chi connectivity index (χ1v) is 11.5. The monoisotopic (exact) mass is 508 g/mol. The molecule has 1 atom stereocenters. The van der Waals surface area contributed by atoms with Crippen LogP contribution in [0.2, 0.25) is 0 Å². The molecule has 34 heavy (non-hydrogen) atoms. The van der Waals surface area contributed by atoms with Crippen molar-refractivity contribution in [3.8, 4) is 23.8 Å². The van der Waals surface area contributed by atoms with E-state index in [0.717, 1.165) is 6.07 Å². The van der Waals surface area contributed by atoms with Gasteiger partial charge in [0.05, 0.1) is 18.4 Å². The molecule has 0 aliphatic rings. The van der Waals surface area contributed by atoms with E-state index < -0.39 is 21.8 Å². The number of hydrogen-bond acceptors (Lipinski definition) is 6. The van der Waals surface area contributed by atoms with Gasteiger partial charge in [-0.3, -0.25) is 14.2 Å². The smallest absolute Gasteiger partial charge is 0.408 e. The number of nitrogens with zero attached hydrogens (tertiary/aromatic N) is 2. The predicted octanol–water partition coefficient (Wildman–Crippen LogP) is 3.27. The maximum Gasteiger partial charge on any atom is 0.408 e. The van der Waals surface area contributed by atoms with E-state index in [-0.39, 0.29) is 33.3 Å². The molecule has 0 spiro atoms. The minimum absolute atomic E-state index is 0.0103. The second kappa shape index (κ2) is 9.67. The first kappa shape index (κ1) is 25.0. The molecule has 2 N–H and O–H groups in total. The molecule has 1 amide bonds. The maximum atomic E-state index is 13.3. The van der Waals surface area contributed by atoms with Gasteiger partial charge in [0.2, 0.25) is 0 Å². The predicted molar refractivity (Wildman–Crippen MR) is 125 cm³/mol. The summed E-state index contributed by atoms with van der Waals surface area (Å²) in [5.74, 6) is -2.33. The van der Waals surface area contributed by atoms with Crippen molar-refractivity contribution in [2.45, 2.75) is 10.7 Å². The molecule has 3 rings (SSSR count). The molecule has 0 saturated heterocycles. The second-order valence-corrected chi connectivity index (χ2v) is 9.11. The molecule has 2 aromatic carbocycles. The molecule has 13 heteroatoms. The highest BCUT2D eigenvalue weighted by molar-refractivity contribution is 7.92. The number of ether oxygens (including phenoxy) is 2. The number of aromatic nitrogens is 2. The van der Waals surface area contributed by atoms with Crippen molar-refractivity contribution in [1.82, 2.24) is 9.78 Å². The Bertz CT molecular complexity index is 1380. The van der Waals surface area contributed by atoms with Crippen molar-refractivity contribution >= 4 is 36.5 Å². The number of carbonyl (C=O) groups excluding carboxylic acids is 1. The molecule has 0 bridgehead atoms. The van der Waals surface area contributed by atoms with E-state index in [1.807, 2.05) is 0 Å². The average Bonchev–Trinajstić information content (AvgIpc) is 3.18. The van der Waals surface area contributed by atoms with Crippen LogP contribution < -0.4 is 19.5 Å². The Kier molecular flexibility index (Phi) is 7.09. The number of methoxy groups -OCH3 is 1. The van der Waals surface area contributed by atoms with Crippen LogP contribution in [0.5, 0.6) is 11.5 Å². The van der Waals surface area contributed by atoms with Gasteiger partial charge in [-0.25, -0.2) is 8.42 Å². The molecule has 0 fully saturated rings. The third-order valence-corrected chi connectivity index (χ3v) is 5.94. The number of alkyl halides is 2. The molecule has 0 radical (unpaired) electrons. The van der Waals surface area contributed by atoms with Crippen molar-refractivity contribution in [2.24, 2.45) is 7.05 Å². The number of benzene rings is 2. The lowest BCUT2D eigenvalue weighted by Crippen LogP contribution is -2.18. The maximum absolute atomic E-state index is 13.3. The summed E-state index contributed by atoms with van der Waals surface area (Å²) in [4.78, 5) is 12.1. The number of amides is 1. The van der Waals surface area contributed by atoms with Crippen LogP contribution in [0.4, 0.5) is 20.2 Å². The number of aryl methyl sites for hydroxylation is 1. The van der Waals surface area contributed by atoms with Crippen molar-refractivity contribution in [1.29, 1.82) is 0 Å². The van der Waals surface area contributed by atoms with E-state index in [9.17, 15) is 22.0 Å². The number of halogens is 2. The van der Waals surface area contributed by atoms with Gasteiger partial charge >= 0.3 is 5.85 Å². The first-order valence-electron chi connectivity index (χ1n) is 9.40. The minimum atomic E-state index is -4.23. The Hall–Kier alpha value is -3.68. The Morgan fingerprint density at radius 1 is 1.18 bits per heavy atom. The summed E-state index contributed by atoms with van der Waals surface area (Å²) in [7, 11) is -0.168. The van der Waals surface area contributed by atoms with Crippen LogP contribution in [0.15, 0.2) is 53.6 Å². The Labute approximate surface area is 196 Å². The van der Waals surface area contributed by atoms with Gasteiger partial charge in [-0.2, -0.15) is 13.9 Å². The van der Waals surface area contributed by atoms with Crippen molar-refractivity contribution in [2.75, 3.05) is 17.1 Å². The summed E-state index contributed by atoms with van der Waals surface area (Å²) in [6.45, 7) is 0. The fraction of sp³-hybridized carbons (Fsp3) is 0.143. The number of terminal acetylenes is 1. The van der Waals surface area contributed by atoms with Gasteiger partial charge in [0, 0.05) is 31.1 Å². The lowest BCUT2D eigenvalue weighted by Gasteiger charge is -2.17. The van der Waals surface area contributed by atoms with E-state index in [1.54, 1.807) is 7.05 Å². The molecular weight excluding hydrogens is 489 g/mol. The lowest BCUT2D eigenvalue weighted by atomic mass is 10.2. The molecule has 0 aliphatic carbocycles. The Balaban J connectivity index is 1.88. The second-order valence-electron chi connectivity index (χ2n) is 6.78. The molecule has 0 aliphatic heterocycles. The van der Waals surface area contributed by atoms with Gasteiger partial charge < -0.3 is 14.8 Å². The lowest BCUT2D eigenvalue weighted by molar-refractivity contribution is -0.0893. The minimum Gasteiger partial charge on any atom is -0.495 e. The fourth-order valence-corrected chi connectivity index (χ4v) is 4.23. The third kappa shape index (κ3) is 5.81. The van der Waals surface area contributed by atoms with E-state index in [2.05, 4.69) is 25.8 Å². The summed E-state index contributed by atoms with van der Waals surface area (Å²) >= 11 is 0. The van der Waals surface area contributed by atoms with Gasteiger partial charge in [0.15, 0.2) is 0 Å². The number of anilines is 2. The van der Waals surface area contributed by atoms with Gasteiger partial charge in [-0.1, -0.05) is 5.92 Å². The largest absolute Gasteiger partial charge is 0.495 e. The summed E-state index contributed by atoms with van der Waals surface area (Å²) in [6.07, 6.45) is 6.75. The van der Waals surface area contributed by atoms with Crippen LogP contribution in [0.1, 0.15) is 16.1 Å². The standard InChI is InChI=1S/C21H19F2N4O5PS/c1-4-13-5-6-15(12-17(13)32-21(22,23)33)26-34(29,30)19-8-7-14(11-18(19)31-3)25-20(28)16-9-10-24-27(16)2/h1,5-12,26H,33H2,2-3H3,(H,25,28). The quantitative estimate of drug-likeness (QED) is 0.357. The molecule has 3 aromatic rings. The van der Waals surface area contributed by atoms with E-state index in [1.165, 1.54) is 63.6 Å². The van der Waals surface area contributed by atoms with Crippen LogP contribution in [0.3, 0.4) is 0 Å². The van der Waals surface area contributed by atoms with Crippen LogP contribution in [0.25, 0.3) is 0 Å². The van der Waals surface area contributed by atoms with E-state index in [4.69, 9.17) is 11.2 Å². The Morgan fingerprint density at radius 3 is 2.44 bits per heavy atom. The summed E-state index contributed by atoms with van der Waals surface area (Å²) in [5, 5.41) is 6.54. The molecule has 178 valence electrons. The van der Waals surface area contributed by atoms with Gasteiger partial charge in [-0.05, 0) is 39.6 Å². The van der Waals surface area contributed by atoms with Gasteiger partial charge in [0.1, 0.15) is 22.1 Å². The molecule has 1 heterocycles. The zero-order valence-electron chi connectivity index (χ0n) is 17.9. The molecule has 1 unspecified atom stereocenters. The molecule has 9 nitrogen and oxygen atoms in total. The summed E-state index contributed by atoms with van der Waals surface area (Å²) in [5.41, 5.74) is 0.510. The molecular formula is C21H19F2N4O5PS. The van der Waals surface area contributed by atoms with Crippen LogP contribution in [-0.2, 0) is 17.1 Å². The number of nitrogens with one attached hydrogen (secondary N) is 2. The van der Waals surface area contributed by atoms with E-state index >= 15 is 0 Å². The van der Waals surface area contributed by atoms with Crippen molar-refractivity contribution < 1.29 is 31.5 Å². The van der Waals surface area contributed by atoms with E-state index in [0.29, 0.717) is 5.69 Å². The van der Waals surface area contributed by atoms with Gasteiger partial charge in [-0.15, -0.1) is 6.42 Å². The summed E-state index contributed by atoms with van der Waals surface area (Å²) < 4.78 is 65.9. The molecule has 0 saturated carbocycles. The number of sulfonamides is 1. The third-order valence-electron chi connectivity index (χ3n) is 4.40. The normalized spacial score (nSPS) is 11.4. The van der Waals surface area contributed by atoms with Crippen LogP contribution >= 0.6 is 9.24 Å². The number of carbonyl (C=O) groups is 1. The first-order chi connectivity index (χ1) is 15.9. The van der Waals surface area contributed by atoms with Crippen LogP contribution in [-0.4, -0.2) is 37.1 Å². The van der Waals surface area contributed by atoms with Crippen molar-refractivity contribution in [3.05, 3.63) is 59.9 Å². The topological polar surface area (TPSA) is 112 Å². The fourth-order valence-electron chi connectivity index (χ4n) is 2.91. The van der Waals surface area contributed by atoms with Crippen molar-refractivity contribution in [3.63, 3.8) is 0 Å². The SMILES string of the molecule is C#Cc1ccc(NS(=O)(=O)c2ccc(NC(=O)c3ccnn3C)cc2OC)cc1OC(F)(F)P. The highest BCUT2D eigenvalue weighted by Gasteiger charge is 2.26. The molecule has 1 aromatic heterocycles. The highest BCUT2D eigenvalue weighted by Crippen LogP contribution is 2.33. The van der Waals surface area contributed by atoms with Crippen LogP contribution in [0, 0.1) is 12.3 Å². The zero-order valence-corrected chi connectivity index (χ0v) is 19.8. The zero-order chi connectivity index (χ0) is 25.1. The van der Waals surface area contributed by atoms with Gasteiger partial charge in [0.25, 0.3) is 15.9 Å². The average molecular weight is 508 g/mol. The Morgan fingerprint density at radius 2 is 1.85 bits per heavy atom. The number of rotatable bonds is 8. The summed E-state index contributed by atoms with van der Waals surface area (Å²) in [6, 6.07) is 9.05. The number of hydrogen-bond donors (Lipinski definition) is 2. The highest BCUT2D eigenvalue weighted by atomic mass is 32.2.